The van der Waals surface area contributed by atoms with Gasteiger partial charge in [-0.2, -0.15) is 10.1 Å². The van der Waals surface area contributed by atoms with Gasteiger partial charge >= 0.3 is 6.03 Å². The molecule has 1 aliphatic carbocycles. The molecular formula is C19H15BrN4O2. The van der Waals surface area contributed by atoms with Crippen molar-refractivity contribution in [2.24, 2.45) is 4.99 Å². The number of carbonyl (C=O) groups is 1. The molecule has 6 nitrogen and oxygen atoms in total. The maximum absolute atomic E-state index is 12.8. The zero-order valence-corrected chi connectivity index (χ0v) is 15.5. The Morgan fingerprint density at radius 2 is 2.12 bits per heavy atom. The zero-order valence-electron chi connectivity index (χ0n) is 13.9. The topological polar surface area (TPSA) is 70.6 Å². The number of benzene rings is 1. The average molecular weight is 411 g/mol. The van der Waals surface area contributed by atoms with Crippen molar-refractivity contribution in [2.45, 2.75) is 18.4 Å². The minimum atomic E-state index is -0.561. The van der Waals surface area contributed by atoms with Crippen LogP contribution in [0.15, 0.2) is 69.6 Å². The molecule has 130 valence electrons. The summed E-state index contributed by atoms with van der Waals surface area (Å²) in [6.07, 6.45) is 3.72. The molecule has 0 saturated carbocycles. The molecule has 26 heavy (non-hydrogen) atoms. The number of amides is 2. The van der Waals surface area contributed by atoms with Crippen LogP contribution >= 0.6 is 15.9 Å². The lowest BCUT2D eigenvalue weighted by atomic mass is 9.78. The van der Waals surface area contributed by atoms with Crippen molar-refractivity contribution >= 4 is 27.7 Å². The standard InChI is InChI=1S/C19H15BrN4O2/c1-19(14-7-8-21-23-14)9-12(20)15-16-17(19)26-10-13(24(16)18(25)22-15)11-5-3-2-4-6-11/h2-9,13H,10H2,1H3,(H,21,23). The molecule has 1 N–H and O–H groups in total. The Balaban J connectivity index is 1.69. The predicted molar refractivity (Wildman–Crippen MR) is 99.8 cm³/mol. The number of aliphatic imine (C=N–C) groups is 1. The molecule has 2 amide bonds. The van der Waals surface area contributed by atoms with Crippen LogP contribution in [0.2, 0.25) is 0 Å². The van der Waals surface area contributed by atoms with Crippen molar-refractivity contribution in [1.29, 1.82) is 0 Å². The number of hydrogen-bond donors (Lipinski definition) is 1. The quantitative estimate of drug-likeness (QED) is 0.817. The van der Waals surface area contributed by atoms with E-state index in [4.69, 9.17) is 4.74 Å². The highest BCUT2D eigenvalue weighted by molar-refractivity contribution is 9.12. The van der Waals surface area contributed by atoms with E-state index < -0.39 is 5.41 Å². The first-order valence-corrected chi connectivity index (χ1v) is 9.12. The number of halogens is 1. The van der Waals surface area contributed by atoms with Gasteiger partial charge < -0.3 is 4.74 Å². The lowest BCUT2D eigenvalue weighted by Crippen LogP contribution is -2.43. The number of nitrogens with one attached hydrogen (secondary N) is 1. The Hall–Kier alpha value is -2.67. The minimum absolute atomic E-state index is 0.201. The van der Waals surface area contributed by atoms with Gasteiger partial charge in [0.2, 0.25) is 0 Å². The van der Waals surface area contributed by atoms with E-state index in [0.29, 0.717) is 12.3 Å². The van der Waals surface area contributed by atoms with Crippen LogP contribution in [0.25, 0.3) is 0 Å². The van der Waals surface area contributed by atoms with Gasteiger partial charge in [0.25, 0.3) is 0 Å². The second-order valence-electron chi connectivity index (χ2n) is 6.69. The van der Waals surface area contributed by atoms with Gasteiger partial charge in [-0.05, 0) is 40.6 Å². The Morgan fingerprint density at radius 3 is 2.85 bits per heavy atom. The van der Waals surface area contributed by atoms with Gasteiger partial charge in [0, 0.05) is 10.7 Å². The van der Waals surface area contributed by atoms with Gasteiger partial charge in [-0.3, -0.25) is 10.00 Å². The lowest BCUT2D eigenvalue weighted by molar-refractivity contribution is 0.0824. The van der Waals surface area contributed by atoms with E-state index >= 15 is 0 Å². The van der Waals surface area contributed by atoms with E-state index in [-0.39, 0.29) is 12.1 Å². The summed E-state index contributed by atoms with van der Waals surface area (Å²) in [5.74, 6) is 0.724. The number of urea groups is 1. The minimum Gasteiger partial charge on any atom is -0.492 e. The smallest absolute Gasteiger partial charge is 0.349 e. The number of aromatic amines is 1. The van der Waals surface area contributed by atoms with Gasteiger partial charge in [0.05, 0.1) is 17.2 Å². The van der Waals surface area contributed by atoms with E-state index in [9.17, 15) is 4.79 Å². The lowest BCUT2D eigenvalue weighted by Gasteiger charge is -2.41. The summed E-state index contributed by atoms with van der Waals surface area (Å²) in [5.41, 5.74) is 2.73. The second-order valence-corrected chi connectivity index (χ2v) is 7.55. The summed E-state index contributed by atoms with van der Waals surface area (Å²) in [7, 11) is 0. The molecule has 3 heterocycles. The van der Waals surface area contributed by atoms with Crippen molar-refractivity contribution in [2.75, 3.05) is 6.61 Å². The molecular weight excluding hydrogens is 396 g/mol. The second kappa shape index (κ2) is 5.41. The van der Waals surface area contributed by atoms with Gasteiger partial charge in [-0.25, -0.2) is 4.79 Å². The molecule has 0 radical (unpaired) electrons. The van der Waals surface area contributed by atoms with Crippen molar-refractivity contribution in [3.05, 3.63) is 75.9 Å². The molecule has 0 bridgehead atoms. The number of hydrogen-bond acceptors (Lipinski definition) is 3. The number of rotatable bonds is 2. The Labute approximate surface area is 158 Å². The van der Waals surface area contributed by atoms with Crippen LogP contribution in [-0.2, 0) is 10.2 Å². The van der Waals surface area contributed by atoms with Gasteiger partial charge in [-0.15, -0.1) is 0 Å². The fourth-order valence-electron chi connectivity index (χ4n) is 3.84. The normalized spacial score (nSPS) is 27.1. The first kappa shape index (κ1) is 15.6. The Kier molecular flexibility index (Phi) is 3.24. The van der Waals surface area contributed by atoms with Crippen molar-refractivity contribution in [3.8, 4) is 0 Å². The first-order valence-electron chi connectivity index (χ1n) is 8.33. The third-order valence-corrected chi connectivity index (χ3v) is 5.75. The number of aromatic nitrogens is 2. The van der Waals surface area contributed by atoms with Crippen molar-refractivity contribution < 1.29 is 9.53 Å². The van der Waals surface area contributed by atoms with E-state index in [0.717, 1.165) is 27.2 Å². The summed E-state index contributed by atoms with van der Waals surface area (Å²) in [6, 6.07) is 11.4. The molecule has 2 unspecified atom stereocenters. The van der Waals surface area contributed by atoms with Crippen molar-refractivity contribution in [1.82, 2.24) is 15.1 Å². The average Bonchev–Trinajstić information content (AvgIpc) is 3.30. The van der Waals surface area contributed by atoms with Crippen LogP contribution in [-0.4, -0.2) is 33.4 Å². The number of carbonyl (C=O) groups excluding carboxylic acids is 1. The van der Waals surface area contributed by atoms with Crippen LogP contribution in [0, 0.1) is 0 Å². The van der Waals surface area contributed by atoms with Crippen LogP contribution in [0.1, 0.15) is 24.2 Å². The Bertz CT molecular complexity index is 994. The number of nitrogens with zero attached hydrogens (tertiary/aromatic N) is 3. The fraction of sp³-hybridized carbons (Fsp3) is 0.211. The van der Waals surface area contributed by atoms with E-state index in [1.54, 1.807) is 11.1 Å². The molecule has 1 aromatic carbocycles. The number of ether oxygens (including phenoxy) is 1. The van der Waals surface area contributed by atoms with Crippen molar-refractivity contribution in [3.63, 3.8) is 0 Å². The van der Waals surface area contributed by atoms with Crippen LogP contribution in [0.3, 0.4) is 0 Å². The van der Waals surface area contributed by atoms with Crippen LogP contribution in [0.5, 0.6) is 0 Å². The van der Waals surface area contributed by atoms with Gasteiger partial charge in [0.15, 0.2) is 0 Å². The summed E-state index contributed by atoms with van der Waals surface area (Å²) in [6.45, 7) is 2.43. The maximum atomic E-state index is 12.8. The highest BCUT2D eigenvalue weighted by atomic mass is 79.9. The molecule has 2 aromatic rings. The molecule has 1 aromatic heterocycles. The monoisotopic (exact) mass is 410 g/mol. The Morgan fingerprint density at radius 1 is 1.31 bits per heavy atom. The number of H-pyrrole nitrogens is 1. The van der Waals surface area contributed by atoms with E-state index in [2.05, 4.69) is 31.1 Å². The molecule has 2 atom stereocenters. The van der Waals surface area contributed by atoms with Gasteiger partial charge in [0.1, 0.15) is 23.8 Å². The third kappa shape index (κ3) is 2.00. The summed E-state index contributed by atoms with van der Waals surface area (Å²) in [5, 5.41) is 7.11. The highest BCUT2D eigenvalue weighted by Gasteiger charge is 2.50. The summed E-state index contributed by atoms with van der Waals surface area (Å²) < 4.78 is 7.04. The van der Waals surface area contributed by atoms with Gasteiger partial charge in [-0.1, -0.05) is 30.3 Å². The first-order chi connectivity index (χ1) is 12.6. The highest BCUT2D eigenvalue weighted by Crippen LogP contribution is 2.49. The zero-order chi connectivity index (χ0) is 17.9. The number of allylic oxidation sites excluding steroid dienone is 2. The molecule has 0 spiro atoms. The third-order valence-electron chi connectivity index (χ3n) is 5.15. The molecule has 0 saturated heterocycles. The predicted octanol–water partition coefficient (Wildman–Crippen LogP) is 3.82. The molecule has 5 rings (SSSR count). The molecule has 0 fully saturated rings. The summed E-state index contributed by atoms with van der Waals surface area (Å²) >= 11 is 3.60. The van der Waals surface area contributed by atoms with E-state index in [1.807, 2.05) is 49.4 Å². The molecule has 3 aliphatic rings. The SMILES string of the molecule is CC1(c2ccn[nH]2)C=C(Br)C2=NC(=O)N3C2=C1OCC3c1ccccc1. The van der Waals surface area contributed by atoms with Crippen LogP contribution < -0.4 is 0 Å². The maximum Gasteiger partial charge on any atom is 0.349 e. The van der Waals surface area contributed by atoms with Crippen LogP contribution in [0.4, 0.5) is 4.79 Å². The molecule has 7 heteroatoms. The largest absolute Gasteiger partial charge is 0.492 e. The molecule has 2 aliphatic heterocycles. The fourth-order valence-corrected chi connectivity index (χ4v) is 4.57. The summed E-state index contributed by atoms with van der Waals surface area (Å²) in [4.78, 5) is 18.8. The van der Waals surface area contributed by atoms with E-state index in [1.165, 1.54) is 0 Å².